The van der Waals surface area contributed by atoms with Crippen LogP contribution in [0.1, 0.15) is 33.1 Å². The largest absolute Gasteiger partial charge is 0.466 e. The van der Waals surface area contributed by atoms with Crippen molar-refractivity contribution in [2.24, 2.45) is 5.73 Å². The average Bonchev–Trinajstić information content (AvgIpc) is 2.18. The lowest BCUT2D eigenvalue weighted by Crippen LogP contribution is -2.44. The van der Waals surface area contributed by atoms with E-state index in [4.69, 9.17) is 10.5 Å². The Bertz CT molecular complexity index is 201. The van der Waals surface area contributed by atoms with Gasteiger partial charge in [-0.25, -0.2) is 0 Å². The molecule has 4 nitrogen and oxygen atoms in total. The maximum absolute atomic E-state index is 11.3. The van der Waals surface area contributed by atoms with Gasteiger partial charge in [-0.3, -0.25) is 9.69 Å². The van der Waals surface area contributed by atoms with Gasteiger partial charge >= 0.3 is 5.97 Å². The van der Waals surface area contributed by atoms with Crippen LogP contribution < -0.4 is 5.73 Å². The highest BCUT2D eigenvalue weighted by Gasteiger charge is 2.22. The number of carbonyl (C=O) groups is 1. The average molecular weight is 214 g/mol. The van der Waals surface area contributed by atoms with E-state index in [1.54, 1.807) is 0 Å². The van der Waals surface area contributed by atoms with Gasteiger partial charge in [0.1, 0.15) is 0 Å². The normalized spacial score (nSPS) is 21.3. The molecule has 0 spiro atoms. The first-order valence-corrected chi connectivity index (χ1v) is 5.78. The molecule has 1 heterocycles. The van der Waals surface area contributed by atoms with Gasteiger partial charge in [-0.05, 0) is 39.8 Å². The molecule has 0 bridgehead atoms. The monoisotopic (exact) mass is 214 g/mol. The number of nitrogens with zero attached hydrogens (tertiary/aromatic N) is 1. The molecule has 0 amide bonds. The van der Waals surface area contributed by atoms with Gasteiger partial charge in [-0.15, -0.1) is 0 Å². The lowest BCUT2D eigenvalue weighted by Gasteiger charge is -2.34. The van der Waals surface area contributed by atoms with Crippen LogP contribution in [0.15, 0.2) is 0 Å². The first kappa shape index (κ1) is 12.5. The Morgan fingerprint density at radius 3 is 2.67 bits per heavy atom. The molecule has 2 N–H and O–H groups in total. The zero-order chi connectivity index (χ0) is 11.3. The summed E-state index contributed by atoms with van der Waals surface area (Å²) in [5.41, 5.74) is 5.83. The van der Waals surface area contributed by atoms with E-state index in [9.17, 15) is 4.79 Å². The summed E-state index contributed by atoms with van der Waals surface area (Å²) in [4.78, 5) is 13.6. The standard InChI is InChI=1S/C11H22N2O2/c1-3-15-11(14)8-9(2)13-6-4-10(12)5-7-13/h9-10H,3-8,12H2,1-2H3. The van der Waals surface area contributed by atoms with Crippen molar-refractivity contribution in [2.45, 2.75) is 45.2 Å². The second kappa shape index (κ2) is 6.08. The number of esters is 1. The molecular weight excluding hydrogens is 192 g/mol. The smallest absolute Gasteiger partial charge is 0.307 e. The van der Waals surface area contributed by atoms with Crippen molar-refractivity contribution in [1.82, 2.24) is 4.90 Å². The van der Waals surface area contributed by atoms with Gasteiger partial charge in [-0.1, -0.05) is 0 Å². The summed E-state index contributed by atoms with van der Waals surface area (Å²) >= 11 is 0. The molecule has 1 fully saturated rings. The summed E-state index contributed by atoms with van der Waals surface area (Å²) in [6.07, 6.45) is 2.56. The first-order valence-electron chi connectivity index (χ1n) is 5.78. The van der Waals surface area contributed by atoms with E-state index in [0.29, 0.717) is 19.1 Å². The molecule has 0 radical (unpaired) electrons. The SMILES string of the molecule is CCOC(=O)CC(C)N1CCC(N)CC1. The highest BCUT2D eigenvalue weighted by atomic mass is 16.5. The minimum Gasteiger partial charge on any atom is -0.466 e. The van der Waals surface area contributed by atoms with Crippen molar-refractivity contribution in [1.29, 1.82) is 0 Å². The van der Waals surface area contributed by atoms with E-state index in [1.165, 1.54) is 0 Å². The predicted octanol–water partition coefficient (Wildman–Crippen LogP) is 0.751. The number of ether oxygens (including phenoxy) is 1. The van der Waals surface area contributed by atoms with Crippen molar-refractivity contribution in [3.63, 3.8) is 0 Å². The van der Waals surface area contributed by atoms with Crippen LogP contribution in [0, 0.1) is 0 Å². The maximum Gasteiger partial charge on any atom is 0.307 e. The van der Waals surface area contributed by atoms with Gasteiger partial charge in [0.2, 0.25) is 0 Å². The van der Waals surface area contributed by atoms with Crippen molar-refractivity contribution in [3.8, 4) is 0 Å². The van der Waals surface area contributed by atoms with Crippen molar-refractivity contribution < 1.29 is 9.53 Å². The molecule has 15 heavy (non-hydrogen) atoms. The molecule has 1 unspecified atom stereocenters. The Morgan fingerprint density at radius 1 is 1.53 bits per heavy atom. The minimum atomic E-state index is -0.0973. The van der Waals surface area contributed by atoms with Gasteiger partial charge in [0, 0.05) is 12.1 Å². The Labute approximate surface area is 91.8 Å². The van der Waals surface area contributed by atoms with E-state index in [1.807, 2.05) is 6.92 Å². The van der Waals surface area contributed by atoms with Crippen LogP contribution in [0.5, 0.6) is 0 Å². The quantitative estimate of drug-likeness (QED) is 0.702. The van der Waals surface area contributed by atoms with Gasteiger partial charge < -0.3 is 10.5 Å². The molecule has 0 aliphatic carbocycles. The number of hydrogen-bond acceptors (Lipinski definition) is 4. The fourth-order valence-corrected chi connectivity index (χ4v) is 1.95. The molecule has 0 aromatic heterocycles. The highest BCUT2D eigenvalue weighted by molar-refractivity contribution is 5.70. The summed E-state index contributed by atoms with van der Waals surface area (Å²) < 4.78 is 4.93. The number of likely N-dealkylation sites (tertiary alicyclic amines) is 1. The van der Waals surface area contributed by atoms with Crippen LogP contribution in [0.25, 0.3) is 0 Å². The molecule has 0 aromatic carbocycles. The van der Waals surface area contributed by atoms with Crippen LogP contribution in [-0.2, 0) is 9.53 Å². The van der Waals surface area contributed by atoms with E-state index in [2.05, 4.69) is 11.8 Å². The molecule has 4 heteroatoms. The van der Waals surface area contributed by atoms with Gasteiger partial charge in [0.25, 0.3) is 0 Å². The van der Waals surface area contributed by atoms with Crippen molar-refractivity contribution in [3.05, 3.63) is 0 Å². The van der Waals surface area contributed by atoms with Crippen LogP contribution in [0.2, 0.25) is 0 Å². The van der Waals surface area contributed by atoms with Gasteiger partial charge in [-0.2, -0.15) is 0 Å². The molecule has 1 rings (SSSR count). The van der Waals surface area contributed by atoms with Gasteiger partial charge in [0.05, 0.1) is 13.0 Å². The minimum absolute atomic E-state index is 0.0973. The lowest BCUT2D eigenvalue weighted by molar-refractivity contribution is -0.144. The number of carbonyl (C=O) groups excluding carboxylic acids is 1. The van der Waals surface area contributed by atoms with Crippen LogP contribution in [0.3, 0.4) is 0 Å². The second-order valence-corrected chi connectivity index (χ2v) is 4.23. The Hall–Kier alpha value is -0.610. The lowest BCUT2D eigenvalue weighted by atomic mass is 10.0. The summed E-state index contributed by atoms with van der Waals surface area (Å²) in [5.74, 6) is -0.0973. The number of piperidine rings is 1. The highest BCUT2D eigenvalue weighted by Crippen LogP contribution is 2.13. The van der Waals surface area contributed by atoms with E-state index in [0.717, 1.165) is 25.9 Å². The molecule has 88 valence electrons. The van der Waals surface area contributed by atoms with E-state index < -0.39 is 0 Å². The third kappa shape index (κ3) is 4.18. The molecular formula is C11H22N2O2. The Kier molecular flexibility index (Phi) is 5.05. The third-order valence-corrected chi connectivity index (χ3v) is 2.96. The molecule has 1 saturated heterocycles. The second-order valence-electron chi connectivity index (χ2n) is 4.23. The zero-order valence-corrected chi connectivity index (χ0v) is 9.74. The topological polar surface area (TPSA) is 55.6 Å². The van der Waals surface area contributed by atoms with Crippen LogP contribution >= 0.6 is 0 Å². The van der Waals surface area contributed by atoms with Gasteiger partial charge in [0.15, 0.2) is 0 Å². The summed E-state index contributed by atoms with van der Waals surface area (Å²) in [5, 5.41) is 0. The molecule has 0 saturated carbocycles. The number of nitrogens with two attached hydrogens (primary N) is 1. The number of hydrogen-bond donors (Lipinski definition) is 1. The Morgan fingerprint density at radius 2 is 2.13 bits per heavy atom. The molecule has 1 atom stereocenters. The molecule has 1 aliphatic rings. The van der Waals surface area contributed by atoms with Crippen LogP contribution in [0.4, 0.5) is 0 Å². The number of rotatable bonds is 4. The molecule has 1 aliphatic heterocycles. The first-order chi connectivity index (χ1) is 7.13. The molecule has 0 aromatic rings. The van der Waals surface area contributed by atoms with Crippen molar-refractivity contribution >= 4 is 5.97 Å². The summed E-state index contributed by atoms with van der Waals surface area (Å²) in [6.45, 7) is 6.39. The van der Waals surface area contributed by atoms with Crippen LogP contribution in [-0.4, -0.2) is 42.6 Å². The Balaban J connectivity index is 2.27. The summed E-state index contributed by atoms with van der Waals surface area (Å²) in [7, 11) is 0. The van der Waals surface area contributed by atoms with E-state index in [-0.39, 0.29) is 12.0 Å². The third-order valence-electron chi connectivity index (χ3n) is 2.96. The summed E-state index contributed by atoms with van der Waals surface area (Å²) in [6, 6.07) is 0.618. The van der Waals surface area contributed by atoms with Crippen molar-refractivity contribution in [2.75, 3.05) is 19.7 Å². The maximum atomic E-state index is 11.3. The fraction of sp³-hybridized carbons (Fsp3) is 0.909. The van der Waals surface area contributed by atoms with E-state index >= 15 is 0 Å². The predicted molar refractivity (Wildman–Crippen MR) is 59.5 cm³/mol. The zero-order valence-electron chi connectivity index (χ0n) is 9.74. The fourth-order valence-electron chi connectivity index (χ4n) is 1.95.